The maximum absolute atomic E-state index is 5.79. The van der Waals surface area contributed by atoms with E-state index in [1.165, 1.54) is 10.3 Å². The molecule has 0 radical (unpaired) electrons. The van der Waals surface area contributed by atoms with E-state index in [1.807, 2.05) is 0 Å². The van der Waals surface area contributed by atoms with E-state index in [1.54, 1.807) is 11.3 Å². The Kier molecular flexibility index (Phi) is 1.94. The van der Waals surface area contributed by atoms with Crippen molar-refractivity contribution >= 4 is 26.7 Å². The molecule has 4 N–H and O–H groups in total. The summed E-state index contributed by atoms with van der Waals surface area (Å²) in [7, 11) is 0. The van der Waals surface area contributed by atoms with Crippen molar-refractivity contribution in [3.63, 3.8) is 0 Å². The summed E-state index contributed by atoms with van der Waals surface area (Å²) < 4.78 is 1.19. The fourth-order valence-electron chi connectivity index (χ4n) is 2.15. The smallest absolute Gasteiger partial charge is 0.181 e. The summed E-state index contributed by atoms with van der Waals surface area (Å²) in [6.07, 6.45) is 2.22. The predicted octanol–water partition coefficient (Wildman–Crippen LogP) is 2.08. The van der Waals surface area contributed by atoms with Crippen LogP contribution in [0.1, 0.15) is 24.3 Å². The van der Waals surface area contributed by atoms with Gasteiger partial charge in [0.1, 0.15) is 0 Å². The van der Waals surface area contributed by atoms with Crippen LogP contribution in [0.5, 0.6) is 0 Å². The molecule has 3 rings (SSSR count). The number of nitrogen functional groups attached to an aromatic ring is 1. The molecule has 1 fully saturated rings. The molecule has 1 aromatic carbocycles. The molecule has 0 amide bonds. The maximum atomic E-state index is 5.79. The summed E-state index contributed by atoms with van der Waals surface area (Å²) in [6, 6.07) is 6.82. The average molecular weight is 219 g/mol. The Morgan fingerprint density at radius 2 is 2.13 bits per heavy atom. The lowest BCUT2D eigenvalue weighted by atomic mass is 9.76. The number of fused-ring (bicyclic) bond motifs is 1. The van der Waals surface area contributed by atoms with E-state index in [4.69, 9.17) is 11.5 Å². The topological polar surface area (TPSA) is 64.9 Å². The van der Waals surface area contributed by atoms with Gasteiger partial charge in [0, 0.05) is 6.04 Å². The number of benzene rings is 1. The van der Waals surface area contributed by atoms with Crippen LogP contribution in [0.4, 0.5) is 5.13 Å². The molecule has 0 aliphatic heterocycles. The zero-order chi connectivity index (χ0) is 10.4. The van der Waals surface area contributed by atoms with Gasteiger partial charge in [-0.3, -0.25) is 0 Å². The summed E-state index contributed by atoms with van der Waals surface area (Å²) in [5, 5.41) is 0.646. The van der Waals surface area contributed by atoms with Crippen molar-refractivity contribution in [2.45, 2.75) is 24.8 Å². The monoisotopic (exact) mass is 219 g/mol. The third-order valence-electron chi connectivity index (χ3n) is 3.07. The van der Waals surface area contributed by atoms with E-state index in [9.17, 15) is 0 Å². The van der Waals surface area contributed by atoms with Gasteiger partial charge < -0.3 is 11.5 Å². The van der Waals surface area contributed by atoms with Gasteiger partial charge in [0.25, 0.3) is 0 Å². The van der Waals surface area contributed by atoms with Crippen LogP contribution in [-0.4, -0.2) is 11.0 Å². The van der Waals surface area contributed by atoms with E-state index in [2.05, 4.69) is 23.2 Å². The molecule has 4 heteroatoms. The van der Waals surface area contributed by atoms with Crippen molar-refractivity contribution in [1.29, 1.82) is 0 Å². The molecule has 0 unspecified atom stereocenters. The third kappa shape index (κ3) is 1.50. The fourth-order valence-corrected chi connectivity index (χ4v) is 2.93. The molecule has 1 saturated carbocycles. The van der Waals surface area contributed by atoms with Crippen molar-refractivity contribution in [2.24, 2.45) is 5.73 Å². The molecule has 1 aromatic heterocycles. The minimum Gasteiger partial charge on any atom is -0.375 e. The van der Waals surface area contributed by atoms with Crippen LogP contribution in [0.15, 0.2) is 18.2 Å². The van der Waals surface area contributed by atoms with E-state index >= 15 is 0 Å². The molecule has 15 heavy (non-hydrogen) atoms. The molecule has 1 heterocycles. The fraction of sp³-hybridized carbons (Fsp3) is 0.364. The molecule has 0 bridgehead atoms. The Morgan fingerprint density at radius 1 is 1.33 bits per heavy atom. The molecular formula is C11H13N3S. The predicted molar refractivity (Wildman–Crippen MR) is 64.0 cm³/mol. The van der Waals surface area contributed by atoms with E-state index in [-0.39, 0.29) is 0 Å². The molecule has 78 valence electrons. The van der Waals surface area contributed by atoms with Crippen molar-refractivity contribution < 1.29 is 0 Å². The van der Waals surface area contributed by atoms with Gasteiger partial charge in [-0.1, -0.05) is 17.4 Å². The van der Waals surface area contributed by atoms with Gasteiger partial charge in [-0.25, -0.2) is 4.98 Å². The second-order valence-electron chi connectivity index (χ2n) is 4.21. The third-order valence-corrected chi connectivity index (χ3v) is 3.92. The Bertz CT molecular complexity index is 500. The highest BCUT2D eigenvalue weighted by molar-refractivity contribution is 7.22. The summed E-state index contributed by atoms with van der Waals surface area (Å²) in [5.41, 5.74) is 13.9. The molecule has 1 aliphatic carbocycles. The quantitative estimate of drug-likeness (QED) is 0.771. The Morgan fingerprint density at radius 3 is 2.87 bits per heavy atom. The number of nitrogens with two attached hydrogens (primary N) is 2. The maximum Gasteiger partial charge on any atom is 0.181 e. The largest absolute Gasteiger partial charge is 0.375 e. The average Bonchev–Trinajstić information content (AvgIpc) is 2.52. The van der Waals surface area contributed by atoms with Gasteiger partial charge >= 0.3 is 0 Å². The SMILES string of the molecule is Nc1nc2ccc(C3CC(N)C3)cc2s1. The van der Waals surface area contributed by atoms with Crippen LogP contribution in [0.2, 0.25) is 0 Å². The highest BCUT2D eigenvalue weighted by Gasteiger charge is 2.27. The van der Waals surface area contributed by atoms with Crippen LogP contribution in [0.3, 0.4) is 0 Å². The van der Waals surface area contributed by atoms with Gasteiger partial charge in [-0.05, 0) is 36.5 Å². The highest BCUT2D eigenvalue weighted by atomic mass is 32.1. The molecule has 3 nitrogen and oxygen atoms in total. The van der Waals surface area contributed by atoms with Crippen molar-refractivity contribution in [1.82, 2.24) is 4.98 Å². The molecule has 0 spiro atoms. The van der Waals surface area contributed by atoms with Crippen LogP contribution < -0.4 is 11.5 Å². The van der Waals surface area contributed by atoms with Crippen molar-refractivity contribution in [2.75, 3.05) is 5.73 Å². The van der Waals surface area contributed by atoms with Crippen molar-refractivity contribution in [3.05, 3.63) is 23.8 Å². The number of rotatable bonds is 1. The van der Waals surface area contributed by atoms with Gasteiger partial charge in [0.2, 0.25) is 0 Å². The molecule has 0 atom stereocenters. The van der Waals surface area contributed by atoms with Gasteiger partial charge in [0.05, 0.1) is 10.2 Å². The normalized spacial score (nSPS) is 25.4. The van der Waals surface area contributed by atoms with E-state index < -0.39 is 0 Å². The first-order chi connectivity index (χ1) is 7.22. The lowest BCUT2D eigenvalue weighted by molar-refractivity contribution is 0.352. The van der Waals surface area contributed by atoms with Crippen LogP contribution in [0, 0.1) is 0 Å². The number of aromatic nitrogens is 1. The number of anilines is 1. The Labute approximate surface area is 92.1 Å². The lowest BCUT2D eigenvalue weighted by Crippen LogP contribution is -2.34. The second-order valence-corrected chi connectivity index (χ2v) is 5.27. The number of hydrogen-bond acceptors (Lipinski definition) is 4. The van der Waals surface area contributed by atoms with Crippen LogP contribution >= 0.6 is 11.3 Å². The Balaban J connectivity index is 1.99. The van der Waals surface area contributed by atoms with Crippen LogP contribution in [-0.2, 0) is 0 Å². The minimum atomic E-state index is 0.400. The molecular weight excluding hydrogens is 206 g/mol. The van der Waals surface area contributed by atoms with E-state index in [0.29, 0.717) is 17.1 Å². The first-order valence-electron chi connectivity index (χ1n) is 5.14. The van der Waals surface area contributed by atoms with Crippen LogP contribution in [0.25, 0.3) is 10.2 Å². The number of hydrogen-bond donors (Lipinski definition) is 2. The number of thiazole rings is 1. The standard InChI is InChI=1S/C11H13N3S/c12-8-3-7(4-8)6-1-2-9-10(5-6)15-11(13)14-9/h1-2,5,7-8H,3-4,12H2,(H2,13,14). The Hall–Kier alpha value is -1.13. The zero-order valence-electron chi connectivity index (χ0n) is 8.31. The number of nitrogens with zero attached hydrogens (tertiary/aromatic N) is 1. The van der Waals surface area contributed by atoms with Crippen molar-refractivity contribution in [3.8, 4) is 0 Å². The molecule has 0 saturated heterocycles. The first kappa shape index (κ1) is 9.12. The zero-order valence-corrected chi connectivity index (χ0v) is 9.13. The second kappa shape index (κ2) is 3.18. The van der Waals surface area contributed by atoms with E-state index in [0.717, 1.165) is 18.4 Å². The summed E-state index contributed by atoms with van der Waals surface area (Å²) in [6.45, 7) is 0. The molecule has 1 aliphatic rings. The van der Waals surface area contributed by atoms with Gasteiger partial charge in [0.15, 0.2) is 5.13 Å². The summed E-state index contributed by atoms with van der Waals surface area (Å²) >= 11 is 1.55. The van der Waals surface area contributed by atoms with Gasteiger partial charge in [-0.2, -0.15) is 0 Å². The summed E-state index contributed by atoms with van der Waals surface area (Å²) in [5.74, 6) is 0.646. The first-order valence-corrected chi connectivity index (χ1v) is 5.95. The molecule has 2 aromatic rings. The van der Waals surface area contributed by atoms with Gasteiger partial charge in [-0.15, -0.1) is 0 Å². The lowest BCUT2D eigenvalue weighted by Gasteiger charge is -2.32. The summed E-state index contributed by atoms with van der Waals surface area (Å²) in [4.78, 5) is 4.24. The highest BCUT2D eigenvalue weighted by Crippen LogP contribution is 2.37. The minimum absolute atomic E-state index is 0.400.